The van der Waals surface area contributed by atoms with Gasteiger partial charge in [-0.3, -0.25) is 0 Å². The van der Waals surface area contributed by atoms with Crippen LogP contribution in [-0.2, 0) is 12.7 Å². The second-order valence-corrected chi connectivity index (χ2v) is 5.89. The Morgan fingerprint density at radius 2 is 1.92 bits per heavy atom. The summed E-state index contributed by atoms with van der Waals surface area (Å²) >= 11 is 0.346. The zero-order valence-electron chi connectivity index (χ0n) is 12.5. The summed E-state index contributed by atoms with van der Waals surface area (Å²) in [5.74, 6) is 0.419. The molecule has 3 rings (SSSR count). The molecule has 2 aromatic rings. The molecule has 25 heavy (non-hydrogen) atoms. The molecule has 0 unspecified atom stereocenters. The van der Waals surface area contributed by atoms with E-state index >= 15 is 0 Å². The van der Waals surface area contributed by atoms with Gasteiger partial charge < -0.3 is 19.1 Å². The maximum atomic E-state index is 12.6. The van der Waals surface area contributed by atoms with Crippen molar-refractivity contribution in [3.63, 3.8) is 0 Å². The quantitative estimate of drug-likeness (QED) is 0.737. The van der Waals surface area contributed by atoms with E-state index < -0.39 is 17.8 Å². The van der Waals surface area contributed by atoms with Gasteiger partial charge in [-0.1, -0.05) is 11.3 Å². The van der Waals surface area contributed by atoms with Crippen LogP contribution in [0, 0.1) is 0 Å². The molecule has 1 aliphatic rings. The van der Waals surface area contributed by atoms with Crippen molar-refractivity contribution < 1.29 is 36.2 Å². The molecule has 0 saturated carbocycles. The van der Waals surface area contributed by atoms with Crippen LogP contribution in [0.2, 0.25) is 0 Å². The Bertz CT molecular complexity index is 768. The highest BCUT2D eigenvalue weighted by Crippen LogP contribution is 2.40. The lowest BCUT2D eigenvalue weighted by molar-refractivity contribution is -0.138. The van der Waals surface area contributed by atoms with E-state index in [1.807, 2.05) is 0 Å². The average molecular weight is 383 g/mol. The molecule has 0 bridgehead atoms. The highest BCUT2D eigenvalue weighted by Gasteiger charge is 2.36. The van der Waals surface area contributed by atoms with E-state index in [4.69, 9.17) is 9.47 Å². The van der Waals surface area contributed by atoms with Crippen molar-refractivity contribution in [3.8, 4) is 17.2 Å². The molecule has 0 radical (unpaired) electrons. The van der Waals surface area contributed by atoms with Gasteiger partial charge in [0.2, 0.25) is 16.9 Å². The van der Waals surface area contributed by atoms with Crippen LogP contribution in [0.3, 0.4) is 0 Å². The van der Waals surface area contributed by atoms with Crippen molar-refractivity contribution in [1.82, 2.24) is 10.2 Å². The number of fused-ring (bicyclic) bond motifs is 1. The molecule has 1 aliphatic heterocycles. The van der Waals surface area contributed by atoms with Gasteiger partial charge in [-0.2, -0.15) is 22.0 Å². The molecule has 6 nitrogen and oxygen atoms in total. The van der Waals surface area contributed by atoms with Crippen molar-refractivity contribution in [2.45, 2.75) is 19.3 Å². The number of halogens is 5. The third-order valence-electron chi connectivity index (χ3n) is 3.16. The minimum Gasteiger partial charge on any atom is -0.454 e. The topological polar surface area (TPSA) is 56.7 Å². The van der Waals surface area contributed by atoms with Crippen LogP contribution in [0.4, 0.5) is 27.1 Å². The summed E-state index contributed by atoms with van der Waals surface area (Å²) in [4.78, 5) is 1.34. The van der Waals surface area contributed by atoms with Gasteiger partial charge in [-0.25, -0.2) is 0 Å². The third kappa shape index (κ3) is 3.83. The summed E-state index contributed by atoms with van der Waals surface area (Å²) < 4.78 is 77.7. The van der Waals surface area contributed by atoms with E-state index in [0.717, 1.165) is 0 Å². The molecule has 1 aromatic carbocycles. The van der Waals surface area contributed by atoms with E-state index in [1.54, 1.807) is 0 Å². The maximum Gasteiger partial charge on any atom is 0.445 e. The Morgan fingerprint density at radius 3 is 2.52 bits per heavy atom. The van der Waals surface area contributed by atoms with Crippen LogP contribution in [0.1, 0.15) is 10.6 Å². The van der Waals surface area contributed by atoms with Gasteiger partial charge in [0.1, 0.15) is 5.75 Å². The average Bonchev–Trinajstić information content (AvgIpc) is 3.14. The van der Waals surface area contributed by atoms with Crippen LogP contribution >= 0.6 is 11.3 Å². The van der Waals surface area contributed by atoms with E-state index in [-0.39, 0.29) is 35.5 Å². The third-order valence-corrected chi connectivity index (χ3v) is 4.25. The highest BCUT2D eigenvalue weighted by molar-refractivity contribution is 7.15. The molecule has 0 aliphatic carbocycles. The second-order valence-electron chi connectivity index (χ2n) is 4.94. The van der Waals surface area contributed by atoms with Crippen molar-refractivity contribution in [2.24, 2.45) is 0 Å². The zero-order valence-corrected chi connectivity index (χ0v) is 13.3. The molecule has 0 spiro atoms. The SMILES string of the molecule is CN(Cc1cc2c(cc1OC(F)F)OCO2)c1nnc(C(F)(F)F)s1. The number of anilines is 1. The predicted molar refractivity (Wildman–Crippen MR) is 76.2 cm³/mol. The molecular formula is C13H10F5N3O3S. The Balaban J connectivity index is 1.85. The van der Waals surface area contributed by atoms with Crippen molar-refractivity contribution >= 4 is 16.5 Å². The minimum atomic E-state index is -4.60. The normalized spacial score (nSPS) is 13.4. The van der Waals surface area contributed by atoms with Gasteiger partial charge in [0.05, 0.1) is 0 Å². The molecule has 0 N–H and O–H groups in total. The summed E-state index contributed by atoms with van der Waals surface area (Å²) in [6, 6.07) is 2.68. The van der Waals surface area contributed by atoms with Crippen LogP contribution in [0.25, 0.3) is 0 Å². The van der Waals surface area contributed by atoms with E-state index in [0.29, 0.717) is 17.1 Å². The second kappa shape index (κ2) is 6.50. The van der Waals surface area contributed by atoms with E-state index in [2.05, 4.69) is 14.9 Å². The summed E-state index contributed by atoms with van der Waals surface area (Å²) in [6.07, 6.45) is -4.60. The first kappa shape index (κ1) is 17.5. The number of aromatic nitrogens is 2. The first-order valence-electron chi connectivity index (χ1n) is 6.73. The van der Waals surface area contributed by atoms with Gasteiger partial charge in [-0.15, -0.1) is 10.2 Å². The van der Waals surface area contributed by atoms with Crippen molar-refractivity contribution in [3.05, 3.63) is 22.7 Å². The monoisotopic (exact) mass is 383 g/mol. The van der Waals surface area contributed by atoms with Crippen LogP contribution in [-0.4, -0.2) is 30.6 Å². The van der Waals surface area contributed by atoms with Crippen LogP contribution < -0.4 is 19.1 Å². The van der Waals surface area contributed by atoms with E-state index in [1.165, 1.54) is 24.1 Å². The first-order valence-corrected chi connectivity index (χ1v) is 7.55. The van der Waals surface area contributed by atoms with E-state index in [9.17, 15) is 22.0 Å². The number of hydrogen-bond acceptors (Lipinski definition) is 7. The van der Waals surface area contributed by atoms with Gasteiger partial charge in [0.15, 0.2) is 11.5 Å². The lowest BCUT2D eigenvalue weighted by Crippen LogP contribution is -2.17. The van der Waals surface area contributed by atoms with Gasteiger partial charge >= 0.3 is 12.8 Å². The molecular weight excluding hydrogens is 373 g/mol. The lowest BCUT2D eigenvalue weighted by atomic mass is 10.1. The number of hydrogen-bond donors (Lipinski definition) is 0. The Morgan fingerprint density at radius 1 is 1.24 bits per heavy atom. The summed E-state index contributed by atoms with van der Waals surface area (Å²) in [5.41, 5.74) is 0.274. The minimum absolute atomic E-state index is 0.0204. The largest absolute Gasteiger partial charge is 0.454 e. The summed E-state index contributed by atoms with van der Waals surface area (Å²) in [5, 5.41) is 5.44. The van der Waals surface area contributed by atoms with Gasteiger partial charge in [0, 0.05) is 25.2 Å². The van der Waals surface area contributed by atoms with Gasteiger partial charge in [0.25, 0.3) is 0 Å². The van der Waals surface area contributed by atoms with Gasteiger partial charge in [-0.05, 0) is 6.07 Å². The number of ether oxygens (including phenoxy) is 3. The Hall–Kier alpha value is -2.37. The maximum absolute atomic E-state index is 12.6. The first-order chi connectivity index (χ1) is 11.7. The molecule has 0 saturated heterocycles. The zero-order chi connectivity index (χ0) is 18.2. The van der Waals surface area contributed by atoms with Crippen molar-refractivity contribution in [1.29, 1.82) is 0 Å². The molecule has 12 heteroatoms. The fourth-order valence-electron chi connectivity index (χ4n) is 2.10. The predicted octanol–water partition coefficient (Wildman–Crippen LogP) is 3.52. The molecule has 0 amide bonds. The van der Waals surface area contributed by atoms with Crippen LogP contribution in [0.15, 0.2) is 12.1 Å². The number of nitrogens with zero attached hydrogens (tertiary/aromatic N) is 3. The Kier molecular flexibility index (Phi) is 4.54. The summed E-state index contributed by atoms with van der Waals surface area (Å²) in [7, 11) is 1.46. The number of rotatable bonds is 5. The fourth-order valence-corrected chi connectivity index (χ4v) is 2.77. The van der Waals surface area contributed by atoms with Crippen LogP contribution in [0.5, 0.6) is 17.2 Å². The lowest BCUT2D eigenvalue weighted by Gasteiger charge is -2.18. The summed E-state index contributed by atoms with van der Waals surface area (Å²) in [6.45, 7) is -3.18. The highest BCUT2D eigenvalue weighted by atomic mass is 32.1. The number of alkyl halides is 5. The molecule has 2 heterocycles. The van der Waals surface area contributed by atoms with Crippen molar-refractivity contribution in [2.75, 3.05) is 18.7 Å². The molecule has 1 aromatic heterocycles. The molecule has 136 valence electrons. The fraction of sp³-hybridized carbons (Fsp3) is 0.385. The Labute approximate surface area is 141 Å². The standard InChI is InChI=1S/C13H10F5N3O3S/c1-21(12-20-19-10(25-12)13(16,17)18)4-6-2-8-9(23-5-22-8)3-7(6)24-11(14)15/h2-3,11H,4-5H2,1H3. The number of benzene rings is 1. The molecule has 0 atom stereocenters. The smallest absolute Gasteiger partial charge is 0.445 e. The molecule has 0 fully saturated rings.